The molecule has 1 unspecified atom stereocenters. The minimum Gasteiger partial charge on any atom is -0.349 e. The molecule has 7 heteroatoms. The second-order valence-corrected chi connectivity index (χ2v) is 10.6. The third-order valence-electron chi connectivity index (χ3n) is 6.26. The maximum absolute atomic E-state index is 13.1. The molecule has 1 saturated heterocycles. The number of benzene rings is 2. The zero-order chi connectivity index (χ0) is 21.3. The average Bonchev–Trinajstić information content (AvgIpc) is 3.22. The van der Waals surface area contributed by atoms with Gasteiger partial charge in [-0.3, -0.25) is 4.79 Å². The number of aryl methyl sites for hydroxylation is 2. The van der Waals surface area contributed by atoms with E-state index in [4.69, 9.17) is 11.6 Å². The Morgan fingerprint density at radius 3 is 2.43 bits per heavy atom. The molecule has 0 aromatic heterocycles. The lowest BCUT2D eigenvalue weighted by atomic mass is 9.96. The van der Waals surface area contributed by atoms with E-state index >= 15 is 0 Å². The standard InChI is InChI=1S/C23H27ClN2O3S/c1-16(17-5-8-21(24)9-6-17)25-23(27)19-11-13-26(14-12-19)30(28,29)22-10-7-18-3-2-4-20(18)15-22/h5-10,15-16,19H,2-4,11-14H2,1H3,(H,25,27). The molecule has 2 aromatic rings. The summed E-state index contributed by atoms with van der Waals surface area (Å²) in [5.74, 6) is -0.196. The van der Waals surface area contributed by atoms with Crippen LogP contribution in [-0.4, -0.2) is 31.7 Å². The van der Waals surface area contributed by atoms with Crippen molar-refractivity contribution in [3.8, 4) is 0 Å². The van der Waals surface area contributed by atoms with Crippen LogP contribution >= 0.6 is 11.6 Å². The highest BCUT2D eigenvalue weighted by Gasteiger charge is 2.33. The predicted molar refractivity (Wildman–Crippen MR) is 118 cm³/mol. The molecule has 0 bridgehead atoms. The van der Waals surface area contributed by atoms with Crippen molar-refractivity contribution in [3.05, 3.63) is 64.2 Å². The molecule has 1 aliphatic heterocycles. The maximum Gasteiger partial charge on any atom is 0.243 e. The quantitative estimate of drug-likeness (QED) is 0.751. The topological polar surface area (TPSA) is 66.5 Å². The molecule has 0 radical (unpaired) electrons. The summed E-state index contributed by atoms with van der Waals surface area (Å²) in [5, 5.41) is 3.71. The van der Waals surface area contributed by atoms with Crippen LogP contribution in [0.25, 0.3) is 0 Å². The van der Waals surface area contributed by atoms with Crippen molar-refractivity contribution in [2.24, 2.45) is 5.92 Å². The van der Waals surface area contributed by atoms with Gasteiger partial charge >= 0.3 is 0 Å². The van der Waals surface area contributed by atoms with Gasteiger partial charge < -0.3 is 5.32 Å². The number of nitrogens with one attached hydrogen (secondary N) is 1. The van der Waals surface area contributed by atoms with Crippen LogP contribution < -0.4 is 5.32 Å². The number of amides is 1. The van der Waals surface area contributed by atoms with Crippen LogP contribution in [0.5, 0.6) is 0 Å². The predicted octanol–water partition coefficient (Wildman–Crippen LogP) is 4.11. The Kier molecular flexibility index (Phi) is 6.19. The first-order chi connectivity index (χ1) is 14.3. The molecule has 5 nitrogen and oxygen atoms in total. The van der Waals surface area contributed by atoms with Crippen LogP contribution in [-0.2, 0) is 27.7 Å². The van der Waals surface area contributed by atoms with E-state index in [0.717, 1.165) is 30.4 Å². The SMILES string of the molecule is CC(NC(=O)C1CCN(S(=O)(=O)c2ccc3c(c2)CCC3)CC1)c1ccc(Cl)cc1. The summed E-state index contributed by atoms with van der Waals surface area (Å²) >= 11 is 5.93. The van der Waals surface area contributed by atoms with Crippen molar-refractivity contribution < 1.29 is 13.2 Å². The first-order valence-electron chi connectivity index (χ1n) is 10.5. The van der Waals surface area contributed by atoms with Crippen molar-refractivity contribution in [1.29, 1.82) is 0 Å². The fourth-order valence-electron chi connectivity index (χ4n) is 4.38. The number of hydrogen-bond donors (Lipinski definition) is 1. The van der Waals surface area contributed by atoms with Crippen molar-refractivity contribution in [1.82, 2.24) is 9.62 Å². The van der Waals surface area contributed by atoms with Crippen molar-refractivity contribution in [2.75, 3.05) is 13.1 Å². The molecule has 1 N–H and O–H groups in total. The summed E-state index contributed by atoms with van der Waals surface area (Å²) in [6, 6.07) is 12.8. The van der Waals surface area contributed by atoms with Gasteiger partial charge in [-0.1, -0.05) is 29.8 Å². The summed E-state index contributed by atoms with van der Waals surface area (Å²) in [7, 11) is -3.51. The number of halogens is 1. The third-order valence-corrected chi connectivity index (χ3v) is 8.41. The summed E-state index contributed by atoms with van der Waals surface area (Å²) in [5.41, 5.74) is 3.41. The molecule has 2 aromatic carbocycles. The minimum absolute atomic E-state index is 0.0213. The number of carbonyl (C=O) groups is 1. The Morgan fingerprint density at radius 1 is 1.07 bits per heavy atom. The van der Waals surface area contributed by atoms with Crippen molar-refractivity contribution >= 4 is 27.5 Å². The van der Waals surface area contributed by atoms with Gasteiger partial charge in [-0.25, -0.2) is 8.42 Å². The third kappa shape index (κ3) is 4.41. The molecule has 2 aliphatic rings. The largest absolute Gasteiger partial charge is 0.349 e. The van der Waals surface area contributed by atoms with Crippen LogP contribution in [0.1, 0.15) is 48.9 Å². The first kappa shape index (κ1) is 21.3. The number of nitrogens with zero attached hydrogens (tertiary/aromatic N) is 1. The lowest BCUT2D eigenvalue weighted by molar-refractivity contribution is -0.126. The molecule has 0 spiro atoms. The van der Waals surface area contributed by atoms with Gasteiger partial charge in [-0.2, -0.15) is 4.31 Å². The number of rotatable bonds is 5. The summed E-state index contributed by atoms with van der Waals surface area (Å²) in [6.45, 7) is 2.67. The van der Waals surface area contributed by atoms with Gasteiger partial charge in [0.05, 0.1) is 10.9 Å². The number of fused-ring (bicyclic) bond motifs is 1. The molecule has 1 heterocycles. The van der Waals surface area contributed by atoms with Crippen LogP contribution in [0.4, 0.5) is 0 Å². The number of carbonyl (C=O) groups excluding carboxylic acids is 1. The van der Waals surface area contributed by atoms with Crippen LogP contribution in [0.15, 0.2) is 47.4 Å². The fourth-order valence-corrected chi connectivity index (χ4v) is 6.03. The van der Waals surface area contributed by atoms with E-state index in [1.54, 1.807) is 6.07 Å². The highest BCUT2D eigenvalue weighted by atomic mass is 35.5. The van der Waals surface area contributed by atoms with Crippen molar-refractivity contribution in [2.45, 2.75) is 50.0 Å². The molecule has 160 valence electrons. The normalized spacial score (nSPS) is 18.7. The minimum atomic E-state index is -3.51. The lowest BCUT2D eigenvalue weighted by Gasteiger charge is -2.31. The smallest absolute Gasteiger partial charge is 0.243 e. The van der Waals surface area contributed by atoms with Gasteiger partial charge in [-0.15, -0.1) is 0 Å². The second kappa shape index (κ2) is 8.69. The van der Waals surface area contributed by atoms with E-state index < -0.39 is 10.0 Å². The Morgan fingerprint density at radius 2 is 1.73 bits per heavy atom. The number of sulfonamides is 1. The monoisotopic (exact) mass is 446 g/mol. The molecule has 0 saturated carbocycles. The Bertz CT molecular complexity index is 1030. The van der Waals surface area contributed by atoms with Crippen molar-refractivity contribution in [3.63, 3.8) is 0 Å². The van der Waals surface area contributed by atoms with E-state index in [9.17, 15) is 13.2 Å². The van der Waals surface area contributed by atoms with E-state index in [1.807, 2.05) is 43.3 Å². The zero-order valence-electron chi connectivity index (χ0n) is 17.1. The van der Waals surface area contributed by atoms with Crippen LogP contribution in [0.3, 0.4) is 0 Å². The molecular weight excluding hydrogens is 420 g/mol. The van der Waals surface area contributed by atoms with Gasteiger partial charge in [0.15, 0.2) is 0 Å². The van der Waals surface area contributed by atoms with E-state index in [0.29, 0.717) is 35.8 Å². The van der Waals surface area contributed by atoms with E-state index in [1.165, 1.54) is 9.87 Å². The summed E-state index contributed by atoms with van der Waals surface area (Å²) in [6.07, 6.45) is 4.14. The molecule has 1 aliphatic carbocycles. The van der Waals surface area contributed by atoms with Gasteiger partial charge in [-0.05, 0) is 80.0 Å². The van der Waals surface area contributed by atoms with Gasteiger partial charge in [0, 0.05) is 24.0 Å². The van der Waals surface area contributed by atoms with Gasteiger partial charge in [0.1, 0.15) is 0 Å². The maximum atomic E-state index is 13.1. The summed E-state index contributed by atoms with van der Waals surface area (Å²) in [4.78, 5) is 13.1. The Balaban J connectivity index is 1.36. The molecule has 1 fully saturated rings. The van der Waals surface area contributed by atoms with E-state index in [-0.39, 0.29) is 17.9 Å². The molecule has 1 atom stereocenters. The highest BCUT2D eigenvalue weighted by Crippen LogP contribution is 2.29. The lowest BCUT2D eigenvalue weighted by Crippen LogP contribution is -2.43. The Hall–Kier alpha value is -1.89. The average molecular weight is 447 g/mol. The number of hydrogen-bond acceptors (Lipinski definition) is 3. The summed E-state index contributed by atoms with van der Waals surface area (Å²) < 4.78 is 27.7. The molecule has 1 amide bonds. The van der Waals surface area contributed by atoms with Gasteiger partial charge in [0.2, 0.25) is 15.9 Å². The first-order valence-corrected chi connectivity index (χ1v) is 12.3. The van der Waals surface area contributed by atoms with Crippen LogP contribution in [0.2, 0.25) is 5.02 Å². The number of piperidine rings is 1. The van der Waals surface area contributed by atoms with Gasteiger partial charge in [0.25, 0.3) is 0 Å². The van der Waals surface area contributed by atoms with E-state index in [2.05, 4.69) is 5.32 Å². The zero-order valence-corrected chi connectivity index (χ0v) is 18.7. The highest BCUT2D eigenvalue weighted by molar-refractivity contribution is 7.89. The Labute approximate surface area is 183 Å². The van der Waals surface area contributed by atoms with Crippen LogP contribution in [0, 0.1) is 5.92 Å². The fraction of sp³-hybridized carbons (Fsp3) is 0.435. The second-order valence-electron chi connectivity index (χ2n) is 8.24. The molecule has 4 rings (SSSR count). The molecule has 30 heavy (non-hydrogen) atoms. The molecular formula is C23H27ClN2O3S.